The Bertz CT molecular complexity index is 437. The summed E-state index contributed by atoms with van der Waals surface area (Å²) >= 11 is 0. The Morgan fingerprint density at radius 2 is 2.12 bits per heavy atom. The standard InChI is InChI=1S/C15H21NO/c1-4-15(5-2)12-9-11(17-3)7-6-10(12)8-13-14(15)16-13/h6-7,9,13-14,16H,4-5,8H2,1-3H3/t13-,14-/m0/s1. The van der Waals surface area contributed by atoms with E-state index in [1.54, 1.807) is 7.11 Å². The molecule has 0 amide bonds. The van der Waals surface area contributed by atoms with Crippen molar-refractivity contribution in [3.8, 4) is 5.75 Å². The van der Waals surface area contributed by atoms with E-state index >= 15 is 0 Å². The van der Waals surface area contributed by atoms with Crippen molar-refractivity contribution in [1.82, 2.24) is 5.32 Å². The normalized spacial score (nSPS) is 28.2. The number of fused-ring (bicyclic) bond motifs is 2. The van der Waals surface area contributed by atoms with Crippen LogP contribution in [0.5, 0.6) is 5.75 Å². The summed E-state index contributed by atoms with van der Waals surface area (Å²) in [6, 6.07) is 8.02. The number of hydrogen-bond donors (Lipinski definition) is 1. The number of hydrogen-bond acceptors (Lipinski definition) is 2. The molecule has 1 aromatic carbocycles. The van der Waals surface area contributed by atoms with E-state index in [2.05, 4.69) is 37.4 Å². The van der Waals surface area contributed by atoms with Gasteiger partial charge in [-0.1, -0.05) is 19.9 Å². The Hall–Kier alpha value is -1.02. The first kappa shape index (κ1) is 11.1. The Labute approximate surface area is 103 Å². The zero-order valence-corrected chi connectivity index (χ0v) is 10.9. The number of nitrogens with one attached hydrogen (secondary N) is 1. The molecule has 0 bridgehead atoms. The Kier molecular flexibility index (Phi) is 2.44. The first-order valence-electron chi connectivity index (χ1n) is 6.68. The lowest BCUT2D eigenvalue weighted by molar-refractivity contribution is 0.360. The largest absolute Gasteiger partial charge is 0.497 e. The van der Waals surface area contributed by atoms with Crippen molar-refractivity contribution in [2.75, 3.05) is 7.11 Å². The first-order valence-corrected chi connectivity index (χ1v) is 6.68. The van der Waals surface area contributed by atoms with Crippen molar-refractivity contribution in [2.45, 2.75) is 50.6 Å². The quantitative estimate of drug-likeness (QED) is 0.811. The second kappa shape index (κ2) is 3.74. The molecule has 2 nitrogen and oxygen atoms in total. The van der Waals surface area contributed by atoms with Crippen LogP contribution in [0.1, 0.15) is 37.8 Å². The molecule has 1 heterocycles. The molecule has 0 radical (unpaired) electrons. The van der Waals surface area contributed by atoms with Crippen LogP contribution in [0.15, 0.2) is 18.2 Å². The molecule has 2 heteroatoms. The molecule has 0 unspecified atom stereocenters. The van der Waals surface area contributed by atoms with Crippen molar-refractivity contribution >= 4 is 0 Å². The van der Waals surface area contributed by atoms with Gasteiger partial charge in [-0.2, -0.15) is 0 Å². The van der Waals surface area contributed by atoms with E-state index in [4.69, 9.17) is 4.74 Å². The van der Waals surface area contributed by atoms with Crippen molar-refractivity contribution in [1.29, 1.82) is 0 Å². The minimum atomic E-state index is 0.326. The Balaban J connectivity index is 2.13. The molecule has 0 saturated carbocycles. The van der Waals surface area contributed by atoms with Gasteiger partial charge in [0.25, 0.3) is 0 Å². The summed E-state index contributed by atoms with van der Waals surface area (Å²) in [6.45, 7) is 4.63. The predicted molar refractivity (Wildman–Crippen MR) is 69.7 cm³/mol. The van der Waals surface area contributed by atoms with Crippen molar-refractivity contribution < 1.29 is 4.74 Å². The number of methoxy groups -OCH3 is 1. The van der Waals surface area contributed by atoms with Crippen LogP contribution in [0.4, 0.5) is 0 Å². The van der Waals surface area contributed by atoms with E-state index in [1.165, 1.54) is 30.4 Å². The average Bonchev–Trinajstić information content (AvgIpc) is 3.15. The lowest BCUT2D eigenvalue weighted by atomic mass is 9.66. The van der Waals surface area contributed by atoms with Crippen LogP contribution in [0.25, 0.3) is 0 Å². The summed E-state index contributed by atoms with van der Waals surface area (Å²) in [5.74, 6) is 0.995. The predicted octanol–water partition coefficient (Wildman–Crippen LogP) is 2.65. The van der Waals surface area contributed by atoms with E-state index < -0.39 is 0 Å². The van der Waals surface area contributed by atoms with E-state index in [0.717, 1.165) is 11.8 Å². The lowest BCUT2D eigenvalue weighted by Gasteiger charge is -2.37. The van der Waals surface area contributed by atoms with Gasteiger partial charge in [-0.3, -0.25) is 0 Å². The fourth-order valence-electron chi connectivity index (χ4n) is 3.70. The highest BCUT2D eigenvalue weighted by atomic mass is 16.5. The van der Waals surface area contributed by atoms with Crippen molar-refractivity contribution in [2.24, 2.45) is 0 Å². The van der Waals surface area contributed by atoms with Crippen LogP contribution in [-0.4, -0.2) is 19.2 Å². The molecule has 2 atom stereocenters. The van der Waals surface area contributed by atoms with Crippen LogP contribution in [-0.2, 0) is 11.8 Å². The van der Waals surface area contributed by atoms with Gasteiger partial charge in [-0.25, -0.2) is 0 Å². The van der Waals surface area contributed by atoms with Crippen LogP contribution < -0.4 is 10.1 Å². The maximum Gasteiger partial charge on any atom is 0.119 e. The number of ether oxygens (including phenoxy) is 1. The third-order valence-electron chi connectivity index (χ3n) is 4.84. The maximum atomic E-state index is 5.39. The smallest absolute Gasteiger partial charge is 0.119 e. The molecular formula is C15H21NO. The van der Waals surface area contributed by atoms with Crippen molar-refractivity contribution in [3.05, 3.63) is 29.3 Å². The molecule has 0 spiro atoms. The molecule has 1 fully saturated rings. The van der Waals surface area contributed by atoms with Crippen LogP contribution in [0.2, 0.25) is 0 Å². The molecule has 1 N–H and O–H groups in total. The van der Waals surface area contributed by atoms with Gasteiger partial charge in [0.1, 0.15) is 5.75 Å². The molecule has 0 aromatic heterocycles. The van der Waals surface area contributed by atoms with E-state index in [-0.39, 0.29) is 0 Å². The summed E-state index contributed by atoms with van der Waals surface area (Å²) < 4.78 is 5.39. The second-order valence-corrected chi connectivity index (χ2v) is 5.34. The van der Waals surface area contributed by atoms with Gasteiger partial charge < -0.3 is 10.1 Å². The third-order valence-corrected chi connectivity index (χ3v) is 4.84. The summed E-state index contributed by atoms with van der Waals surface area (Å²) in [5, 5.41) is 3.67. The summed E-state index contributed by atoms with van der Waals surface area (Å²) in [4.78, 5) is 0. The highest BCUT2D eigenvalue weighted by Gasteiger charge is 2.55. The van der Waals surface area contributed by atoms with Crippen LogP contribution in [0, 0.1) is 0 Å². The van der Waals surface area contributed by atoms with E-state index in [1.807, 2.05) is 0 Å². The molecule has 1 aromatic rings. The van der Waals surface area contributed by atoms with Crippen LogP contribution in [0.3, 0.4) is 0 Å². The van der Waals surface area contributed by atoms with Gasteiger partial charge >= 0.3 is 0 Å². The van der Waals surface area contributed by atoms with Crippen LogP contribution >= 0.6 is 0 Å². The summed E-state index contributed by atoms with van der Waals surface area (Å²) in [5.41, 5.74) is 3.36. The SMILES string of the molecule is CCC1(CC)c2cc(OC)ccc2C[C@@H]2N[C@@H]21. The third kappa shape index (κ3) is 1.43. The average molecular weight is 231 g/mol. The monoisotopic (exact) mass is 231 g/mol. The fraction of sp³-hybridized carbons (Fsp3) is 0.600. The molecule has 2 aliphatic rings. The molecule has 1 saturated heterocycles. The van der Waals surface area contributed by atoms with Gasteiger partial charge in [-0.05, 0) is 42.5 Å². The Morgan fingerprint density at radius 3 is 2.76 bits per heavy atom. The molecule has 92 valence electrons. The lowest BCUT2D eigenvalue weighted by Crippen LogP contribution is -2.37. The highest BCUT2D eigenvalue weighted by Crippen LogP contribution is 2.48. The Morgan fingerprint density at radius 1 is 1.35 bits per heavy atom. The van der Waals surface area contributed by atoms with Gasteiger partial charge in [0.15, 0.2) is 0 Å². The zero-order chi connectivity index (χ0) is 12.0. The topological polar surface area (TPSA) is 31.2 Å². The van der Waals surface area contributed by atoms with Crippen molar-refractivity contribution in [3.63, 3.8) is 0 Å². The second-order valence-electron chi connectivity index (χ2n) is 5.34. The highest BCUT2D eigenvalue weighted by molar-refractivity contribution is 5.47. The maximum absolute atomic E-state index is 5.39. The van der Waals surface area contributed by atoms with Gasteiger partial charge in [0.2, 0.25) is 0 Å². The fourth-order valence-corrected chi connectivity index (χ4v) is 3.70. The van der Waals surface area contributed by atoms with E-state index in [0.29, 0.717) is 11.5 Å². The minimum Gasteiger partial charge on any atom is -0.497 e. The van der Waals surface area contributed by atoms with Gasteiger partial charge in [0, 0.05) is 17.5 Å². The minimum absolute atomic E-state index is 0.326. The molecule has 17 heavy (non-hydrogen) atoms. The first-order chi connectivity index (χ1) is 8.25. The van der Waals surface area contributed by atoms with Gasteiger partial charge in [0.05, 0.1) is 7.11 Å². The summed E-state index contributed by atoms with van der Waals surface area (Å²) in [7, 11) is 1.75. The van der Waals surface area contributed by atoms with Gasteiger partial charge in [-0.15, -0.1) is 0 Å². The molecule has 3 rings (SSSR count). The van der Waals surface area contributed by atoms with E-state index in [9.17, 15) is 0 Å². The zero-order valence-electron chi connectivity index (χ0n) is 10.9. The molecule has 1 aliphatic heterocycles. The number of benzene rings is 1. The molecule has 1 aliphatic carbocycles. The summed E-state index contributed by atoms with van der Waals surface area (Å²) in [6.07, 6.45) is 3.60. The number of rotatable bonds is 3. The molecular weight excluding hydrogens is 210 g/mol.